The van der Waals surface area contributed by atoms with E-state index in [0.29, 0.717) is 187 Å². The molecule has 5 aromatic heterocycles. The highest BCUT2D eigenvalue weighted by molar-refractivity contribution is 6.37. The van der Waals surface area contributed by atoms with E-state index in [2.05, 4.69) is 89.8 Å². The number of H-pyrrole nitrogens is 2. The highest BCUT2D eigenvalue weighted by Crippen LogP contribution is 2.54. The van der Waals surface area contributed by atoms with Gasteiger partial charge in [0.15, 0.2) is 17.2 Å². The van der Waals surface area contributed by atoms with E-state index >= 15 is 0 Å². The summed E-state index contributed by atoms with van der Waals surface area (Å²) in [6.07, 6.45) is 11.5. The van der Waals surface area contributed by atoms with Crippen molar-refractivity contribution in [3.63, 3.8) is 0 Å². The standard InChI is InChI=1S/C31H34ClN7O3.C31H33ClN6O4.C30H33ClN8O3/c1-4-24(40)37-11-12-38(19(3)14-37)30-21-13-22(32)26(25-18(2)7-8-23-27(25)34-17-33-23)29-28(21)39(31(41)35-30)20(16-42-29)15-36-9-5-6-10-36;1-4-23(39)36-10-11-37(18(3)14-36)29-21-12-22(32)26(24-17(2)6-7-19-13-33-30(40)25(19)24)28-27(21)38(31(41)34-29)20(16-42-28)15-35-8-5-9-35;1-4-23(40)37-11-12-38(18(3)14-37)29-20-13-21(31)25(24-17(2)7-8-22-26(24)34-35-33-22)28-27(20)39(30(41)32-29)19(16-42-28)15-36-9-5-6-10-36/h4,7-8,13,17,19-20H,1,5-6,9-12,14-16H2,2-3H3,(H,33,34);4,6-7,12,18,20H,1,5,8-11,13-16H2,2-3H3,(H,33,40);4,7-8,13,18-19H,1,5-6,9-12,14-16H2,2-3H3,(H,33,34,35)/t19-,20?;18-,20?;18-,19?/m000/s1. The number of hydrogen-bond donors (Lipinski definition) is 3. The third-order valence-corrected chi connectivity index (χ3v) is 27.9. The summed E-state index contributed by atoms with van der Waals surface area (Å²) in [5, 5.41) is 18.0. The number of nitrogens with one attached hydrogen (secondary N) is 3. The molecule has 6 fully saturated rings. The second kappa shape index (κ2) is 33.9. The van der Waals surface area contributed by atoms with Gasteiger partial charge in [0, 0.05) is 153 Å². The molecule has 0 aliphatic carbocycles. The van der Waals surface area contributed by atoms with Gasteiger partial charge >= 0.3 is 17.1 Å². The van der Waals surface area contributed by atoms with Crippen molar-refractivity contribution in [3.8, 4) is 50.6 Å². The van der Waals surface area contributed by atoms with Crippen molar-refractivity contribution in [1.29, 1.82) is 0 Å². The van der Waals surface area contributed by atoms with E-state index in [1.54, 1.807) is 25.6 Å². The highest BCUT2D eigenvalue weighted by atomic mass is 35.5. The van der Waals surface area contributed by atoms with Crippen LogP contribution in [0.3, 0.4) is 0 Å². The summed E-state index contributed by atoms with van der Waals surface area (Å²) < 4.78 is 25.2. The molecule has 654 valence electrons. The number of aryl methyl sites for hydroxylation is 3. The molecule has 21 rings (SSSR count). The Hall–Kier alpha value is -11.7. The van der Waals surface area contributed by atoms with Crippen LogP contribution in [-0.2, 0) is 20.9 Å². The SMILES string of the molecule is C=CC(=O)N1CCN(c2nc(=O)n3c4c(c(-c5c(C)ccc6[nH]cnc56)c(Cl)cc24)OCC3CN2CCCC2)[C@@H](C)C1.C=CC(=O)N1CCN(c2nc(=O)n3c4c(c(-c5c(C)ccc6c5C(=O)NC6)c(Cl)cc24)OCC3CN2CCC2)[C@@H](C)C1.C=CC(=O)N1CCN(c2nc(=O)n3c4c(c(-c5c(C)ccc6n[nH]nc56)c(Cl)cc24)OCC3CN2CCCC2)[C@@H](C)C1. The summed E-state index contributed by atoms with van der Waals surface area (Å²) in [6.45, 7) is 37.1. The van der Waals surface area contributed by atoms with Gasteiger partial charge in [-0.25, -0.2) is 19.4 Å². The largest absolute Gasteiger partial charge is 0.488 e. The Kier molecular flexibility index (Phi) is 22.5. The number of nitrogens with zero attached hydrogens (tertiary/aromatic N) is 18. The lowest BCUT2D eigenvalue weighted by Crippen LogP contribution is -2.54. The molecule has 10 aliphatic rings. The monoisotopic (exact) mass is 1760 g/mol. The maximum atomic E-state index is 14.0. The summed E-state index contributed by atoms with van der Waals surface area (Å²) in [5.41, 5.74) is 13.1. The van der Waals surface area contributed by atoms with Gasteiger partial charge in [0.05, 0.1) is 72.7 Å². The van der Waals surface area contributed by atoms with E-state index < -0.39 is 0 Å². The van der Waals surface area contributed by atoms with Gasteiger partial charge in [-0.1, -0.05) is 78.8 Å². The zero-order valence-corrected chi connectivity index (χ0v) is 73.7. The lowest BCUT2D eigenvalue weighted by molar-refractivity contribution is -0.127. The van der Waals surface area contributed by atoms with E-state index in [-0.39, 0.29) is 76.9 Å². The Morgan fingerprint density at radius 1 is 0.460 bits per heavy atom. The number of likely N-dealkylation sites (tertiary alicyclic amines) is 3. The molecule has 15 heterocycles. The molecule has 0 bridgehead atoms. The number of anilines is 3. The quantitative estimate of drug-likeness (QED) is 0.0803. The van der Waals surface area contributed by atoms with Crippen LogP contribution >= 0.6 is 34.8 Å². The number of aromatic amines is 2. The summed E-state index contributed by atoms with van der Waals surface area (Å²) in [5.74, 6) is 2.84. The summed E-state index contributed by atoms with van der Waals surface area (Å²) in [4.78, 5) is 133. The van der Waals surface area contributed by atoms with E-state index in [0.717, 1.165) is 155 Å². The molecule has 0 radical (unpaired) electrons. The predicted octanol–water partition coefficient (Wildman–Crippen LogP) is 10.8. The summed E-state index contributed by atoms with van der Waals surface area (Å²) >= 11 is 21.4. The fraction of sp³-hybridized carbons (Fsp3) is 0.424. The summed E-state index contributed by atoms with van der Waals surface area (Å²) in [6, 6.07) is 16.8. The van der Waals surface area contributed by atoms with Gasteiger partial charge < -0.3 is 68.6 Å². The molecule has 3 N–H and O–H groups in total. The first-order valence-electron chi connectivity index (χ1n) is 43.6. The van der Waals surface area contributed by atoms with Crippen LogP contribution in [0.5, 0.6) is 17.2 Å². The second-order valence-corrected chi connectivity index (χ2v) is 36.0. The van der Waals surface area contributed by atoms with Crippen LogP contribution in [0.2, 0.25) is 15.1 Å². The zero-order valence-electron chi connectivity index (χ0n) is 71.4. The van der Waals surface area contributed by atoms with Crippen molar-refractivity contribution in [2.75, 3.05) is 152 Å². The van der Waals surface area contributed by atoms with Crippen molar-refractivity contribution in [3.05, 3.63) is 173 Å². The number of carbonyl (C=O) groups excluding carboxylic acids is 4. The van der Waals surface area contributed by atoms with Gasteiger partial charge in [0.2, 0.25) is 17.7 Å². The number of fused-ring (bicyclic) bond motifs is 3. The molecular weight excluding hydrogens is 1670 g/mol. The van der Waals surface area contributed by atoms with E-state index in [4.69, 9.17) is 54.0 Å². The molecule has 34 heteroatoms. The predicted molar refractivity (Wildman–Crippen MR) is 489 cm³/mol. The average molecular weight is 1770 g/mol. The summed E-state index contributed by atoms with van der Waals surface area (Å²) in [7, 11) is 0. The Labute approximate surface area is 741 Å². The number of halogens is 3. The number of amides is 4. The zero-order chi connectivity index (χ0) is 87.5. The lowest BCUT2D eigenvalue weighted by atomic mass is 9.90. The normalized spacial score (nSPS) is 21.1. The second-order valence-electron chi connectivity index (χ2n) is 34.8. The third kappa shape index (κ3) is 14.6. The maximum absolute atomic E-state index is 14.0. The Balaban J connectivity index is 0.000000123. The number of hydrogen-bond acceptors (Lipinski definition) is 22. The van der Waals surface area contributed by atoms with Gasteiger partial charge in [-0.2, -0.15) is 30.4 Å². The van der Waals surface area contributed by atoms with Crippen LogP contribution in [0.1, 0.15) is 104 Å². The van der Waals surface area contributed by atoms with Gasteiger partial charge in [-0.05, 0) is 184 Å². The van der Waals surface area contributed by atoms with Crippen LogP contribution in [0.4, 0.5) is 17.5 Å². The number of carbonyl (C=O) groups is 4. The minimum absolute atomic E-state index is 0.0696. The van der Waals surface area contributed by atoms with Crippen LogP contribution in [0.15, 0.2) is 113 Å². The number of rotatable bonds is 15. The number of aromatic nitrogens is 11. The Bertz CT molecular complexity index is 6280. The molecule has 6 atom stereocenters. The van der Waals surface area contributed by atoms with E-state index in [9.17, 15) is 33.6 Å². The first-order valence-corrected chi connectivity index (χ1v) is 44.7. The lowest BCUT2D eigenvalue weighted by Gasteiger charge is -2.41. The smallest absolute Gasteiger partial charge is 0.350 e. The Morgan fingerprint density at radius 3 is 1.24 bits per heavy atom. The van der Waals surface area contributed by atoms with E-state index in [1.165, 1.54) is 18.2 Å². The third-order valence-electron chi connectivity index (χ3n) is 27.0. The van der Waals surface area contributed by atoms with Crippen LogP contribution < -0.4 is 51.3 Å². The highest BCUT2D eigenvalue weighted by Gasteiger charge is 2.42. The molecule has 3 unspecified atom stereocenters. The maximum Gasteiger partial charge on any atom is 0.350 e. The van der Waals surface area contributed by atoms with Crippen molar-refractivity contribution >= 4 is 131 Å². The van der Waals surface area contributed by atoms with Gasteiger partial charge in [-0.3, -0.25) is 32.9 Å². The van der Waals surface area contributed by atoms with Crippen LogP contribution in [-0.4, -0.2) is 263 Å². The topological polar surface area (TPSA) is 312 Å². The number of benzene rings is 6. The van der Waals surface area contributed by atoms with Gasteiger partial charge in [0.25, 0.3) is 5.91 Å². The fourth-order valence-electron chi connectivity index (χ4n) is 20.6. The number of piperazine rings is 3. The average Bonchev–Trinajstić information content (AvgIpc) is 0.990. The molecule has 31 nitrogen and oxygen atoms in total. The molecule has 0 saturated carbocycles. The first-order chi connectivity index (χ1) is 61.0. The molecule has 6 aromatic carbocycles. The number of imidazole rings is 1. The molecule has 6 saturated heterocycles. The molecular formula is C92H100Cl3N21O10. The molecule has 126 heavy (non-hydrogen) atoms. The van der Waals surface area contributed by atoms with Crippen molar-refractivity contribution < 1.29 is 33.4 Å². The molecule has 10 aliphatic heterocycles. The van der Waals surface area contributed by atoms with Crippen molar-refractivity contribution in [2.45, 2.75) is 116 Å². The van der Waals surface area contributed by atoms with E-state index in [1.807, 2.05) is 105 Å². The molecule has 4 amide bonds. The van der Waals surface area contributed by atoms with Crippen LogP contribution in [0, 0.1) is 20.8 Å². The molecule has 11 aromatic rings. The van der Waals surface area contributed by atoms with Crippen molar-refractivity contribution in [2.24, 2.45) is 0 Å². The fourth-order valence-corrected chi connectivity index (χ4v) is 21.5. The van der Waals surface area contributed by atoms with Gasteiger partial charge in [0.1, 0.15) is 48.3 Å². The van der Waals surface area contributed by atoms with Crippen LogP contribution in [0.25, 0.3) is 88.2 Å². The number of ether oxygens (including phenoxy) is 3. The Morgan fingerprint density at radius 2 is 0.841 bits per heavy atom. The van der Waals surface area contributed by atoms with Gasteiger partial charge in [-0.15, -0.1) is 0 Å². The minimum atomic E-state index is -0.342. The minimum Gasteiger partial charge on any atom is -0.488 e. The van der Waals surface area contributed by atoms with Crippen molar-refractivity contribution in [1.82, 2.24) is 88.7 Å². The first kappa shape index (κ1) is 83.8. The molecule has 0 spiro atoms.